The molecular formula is C19H21ClO5S. The zero-order valence-corrected chi connectivity index (χ0v) is 15.7. The van der Waals surface area contributed by atoms with Crippen LogP contribution < -0.4 is 0 Å². The molecule has 1 fully saturated rings. The molecule has 2 aromatic carbocycles. The van der Waals surface area contributed by atoms with Crippen LogP contribution in [0.3, 0.4) is 0 Å². The van der Waals surface area contributed by atoms with Gasteiger partial charge in [-0.3, -0.25) is 0 Å². The Bertz CT molecular complexity index is 752. The first-order valence-electron chi connectivity index (χ1n) is 8.19. The summed E-state index contributed by atoms with van der Waals surface area (Å²) in [6.07, 6.45) is -2.12. The van der Waals surface area contributed by atoms with Gasteiger partial charge in [0.15, 0.2) is 0 Å². The first-order valence-corrected chi connectivity index (χ1v) is 9.86. The fraction of sp³-hybridized carbons (Fsp3) is 0.368. The van der Waals surface area contributed by atoms with Gasteiger partial charge in [-0.2, -0.15) is 0 Å². The summed E-state index contributed by atoms with van der Waals surface area (Å²) >= 11 is 7.59. The van der Waals surface area contributed by atoms with Crippen molar-refractivity contribution in [3.63, 3.8) is 0 Å². The van der Waals surface area contributed by atoms with Crippen molar-refractivity contribution in [2.45, 2.75) is 36.3 Å². The van der Waals surface area contributed by atoms with Crippen molar-refractivity contribution in [2.75, 3.05) is 6.26 Å². The number of hydrogen-bond donors (Lipinski definition) is 4. The summed E-state index contributed by atoms with van der Waals surface area (Å²) in [7, 11) is 0. The van der Waals surface area contributed by atoms with Crippen LogP contribution in [0, 0.1) is 0 Å². The van der Waals surface area contributed by atoms with Crippen LogP contribution in [0.2, 0.25) is 5.02 Å². The monoisotopic (exact) mass is 396 g/mol. The van der Waals surface area contributed by atoms with E-state index in [2.05, 4.69) is 0 Å². The lowest BCUT2D eigenvalue weighted by Gasteiger charge is -2.40. The van der Waals surface area contributed by atoms with E-state index >= 15 is 0 Å². The van der Waals surface area contributed by atoms with Gasteiger partial charge >= 0.3 is 0 Å². The van der Waals surface area contributed by atoms with Gasteiger partial charge in [0.2, 0.25) is 0 Å². The molecular weight excluding hydrogens is 376 g/mol. The number of aliphatic hydroxyl groups excluding tert-OH is 3. The third-order valence-corrected chi connectivity index (χ3v) is 5.75. The Morgan fingerprint density at radius 2 is 1.69 bits per heavy atom. The molecule has 7 heteroatoms. The Kier molecular flexibility index (Phi) is 6.12. The van der Waals surface area contributed by atoms with E-state index in [1.807, 2.05) is 18.2 Å². The standard InChI is InChI=1S/C19H21ClO5S/c1-26-19-17(24)15(22)16(23)18(25-19)11-4-7-14(20)12(9-11)8-10-2-5-13(21)6-3-10/h2-7,9,15-19,21-24H,8H2,1H3. The van der Waals surface area contributed by atoms with Crippen molar-refractivity contribution in [1.82, 2.24) is 0 Å². The zero-order chi connectivity index (χ0) is 18.8. The molecule has 4 N–H and O–H groups in total. The summed E-state index contributed by atoms with van der Waals surface area (Å²) in [6.45, 7) is 0. The molecule has 140 valence electrons. The van der Waals surface area contributed by atoms with Gasteiger partial charge in [0.05, 0.1) is 0 Å². The van der Waals surface area contributed by atoms with E-state index in [1.54, 1.807) is 30.5 Å². The number of phenols is 1. The number of ether oxygens (including phenoxy) is 1. The van der Waals surface area contributed by atoms with Gasteiger partial charge < -0.3 is 25.2 Å². The van der Waals surface area contributed by atoms with Crippen molar-refractivity contribution in [3.8, 4) is 5.75 Å². The van der Waals surface area contributed by atoms with Gasteiger partial charge in [0.1, 0.15) is 35.6 Å². The van der Waals surface area contributed by atoms with Crippen LogP contribution in [-0.2, 0) is 11.2 Å². The highest BCUT2D eigenvalue weighted by molar-refractivity contribution is 7.99. The van der Waals surface area contributed by atoms with Gasteiger partial charge in [0, 0.05) is 5.02 Å². The Morgan fingerprint density at radius 3 is 2.35 bits per heavy atom. The largest absolute Gasteiger partial charge is 0.508 e. The zero-order valence-electron chi connectivity index (χ0n) is 14.1. The van der Waals surface area contributed by atoms with E-state index in [9.17, 15) is 20.4 Å². The summed E-state index contributed by atoms with van der Waals surface area (Å²) in [5.41, 5.74) is 1.87. The van der Waals surface area contributed by atoms with E-state index in [1.165, 1.54) is 11.8 Å². The van der Waals surface area contributed by atoms with Crippen LogP contribution in [0.1, 0.15) is 22.8 Å². The van der Waals surface area contributed by atoms with Crippen LogP contribution >= 0.6 is 23.4 Å². The Balaban J connectivity index is 1.87. The molecule has 2 aromatic rings. The number of aliphatic hydroxyl groups is 3. The second-order valence-corrected chi connectivity index (χ2v) is 7.67. The molecule has 1 aliphatic rings. The van der Waals surface area contributed by atoms with Gasteiger partial charge in [-0.05, 0) is 47.6 Å². The fourth-order valence-electron chi connectivity index (χ4n) is 3.06. The van der Waals surface area contributed by atoms with Gasteiger partial charge in [0.25, 0.3) is 0 Å². The minimum absolute atomic E-state index is 0.197. The Morgan fingerprint density at radius 1 is 1.00 bits per heavy atom. The maximum atomic E-state index is 10.4. The third-order valence-electron chi connectivity index (χ3n) is 4.53. The molecule has 26 heavy (non-hydrogen) atoms. The lowest BCUT2D eigenvalue weighted by Crippen LogP contribution is -2.52. The Hall–Kier alpha value is -1.28. The highest BCUT2D eigenvalue weighted by atomic mass is 35.5. The molecule has 0 bridgehead atoms. The van der Waals surface area contributed by atoms with E-state index in [4.69, 9.17) is 16.3 Å². The second-order valence-electron chi connectivity index (χ2n) is 6.33. The number of phenolic OH excluding ortho intramolecular Hbond substituents is 1. The van der Waals surface area contributed by atoms with Gasteiger partial charge in [-0.15, -0.1) is 11.8 Å². The molecule has 0 aromatic heterocycles. The number of benzene rings is 2. The van der Waals surface area contributed by atoms with E-state index in [0.29, 0.717) is 17.0 Å². The number of rotatable bonds is 4. The quantitative estimate of drug-likeness (QED) is 0.634. The van der Waals surface area contributed by atoms with Crippen molar-refractivity contribution < 1.29 is 25.2 Å². The molecule has 5 atom stereocenters. The van der Waals surface area contributed by atoms with Crippen LogP contribution in [0.5, 0.6) is 5.75 Å². The van der Waals surface area contributed by atoms with Crippen molar-refractivity contribution in [1.29, 1.82) is 0 Å². The van der Waals surface area contributed by atoms with Gasteiger partial charge in [-0.25, -0.2) is 0 Å². The molecule has 0 aliphatic carbocycles. The van der Waals surface area contributed by atoms with E-state index in [0.717, 1.165) is 11.1 Å². The predicted octanol–water partition coefficient (Wildman–Crippen LogP) is 2.48. The van der Waals surface area contributed by atoms with Crippen molar-refractivity contribution in [2.24, 2.45) is 0 Å². The Labute approximate surface area is 161 Å². The summed E-state index contributed by atoms with van der Waals surface area (Å²) in [4.78, 5) is 0. The van der Waals surface area contributed by atoms with Crippen LogP contribution in [0.4, 0.5) is 0 Å². The lowest BCUT2D eigenvalue weighted by molar-refractivity contribution is -0.200. The average molecular weight is 397 g/mol. The molecule has 5 unspecified atom stereocenters. The number of aromatic hydroxyl groups is 1. The molecule has 0 radical (unpaired) electrons. The predicted molar refractivity (Wildman–Crippen MR) is 102 cm³/mol. The summed E-state index contributed by atoms with van der Waals surface area (Å²) < 4.78 is 5.80. The second kappa shape index (κ2) is 8.17. The first kappa shape index (κ1) is 19.5. The number of hydrogen-bond acceptors (Lipinski definition) is 6. The first-order chi connectivity index (χ1) is 12.4. The van der Waals surface area contributed by atoms with Crippen molar-refractivity contribution >= 4 is 23.4 Å². The van der Waals surface area contributed by atoms with Gasteiger partial charge in [-0.1, -0.05) is 35.9 Å². The number of halogens is 1. The molecule has 1 heterocycles. The summed E-state index contributed by atoms with van der Waals surface area (Å²) in [6, 6.07) is 12.2. The summed E-state index contributed by atoms with van der Waals surface area (Å²) in [5, 5.41) is 40.4. The van der Waals surface area contributed by atoms with E-state index < -0.39 is 29.9 Å². The minimum atomic E-state index is -1.29. The van der Waals surface area contributed by atoms with Crippen LogP contribution in [0.25, 0.3) is 0 Å². The molecule has 5 nitrogen and oxygen atoms in total. The highest BCUT2D eigenvalue weighted by Crippen LogP contribution is 2.37. The lowest BCUT2D eigenvalue weighted by atomic mass is 9.92. The molecule has 0 spiro atoms. The van der Waals surface area contributed by atoms with Crippen molar-refractivity contribution in [3.05, 3.63) is 64.2 Å². The molecule has 1 aliphatic heterocycles. The topological polar surface area (TPSA) is 90.2 Å². The molecule has 0 amide bonds. The average Bonchev–Trinajstić information content (AvgIpc) is 2.64. The normalized spacial score (nSPS) is 28.9. The third kappa shape index (κ3) is 4.01. The smallest absolute Gasteiger partial charge is 0.132 e. The SMILES string of the molecule is CSC1OC(c2ccc(Cl)c(Cc3ccc(O)cc3)c2)C(O)C(O)C1O. The number of thioether (sulfide) groups is 1. The maximum absolute atomic E-state index is 10.4. The van der Waals surface area contributed by atoms with Crippen LogP contribution in [0.15, 0.2) is 42.5 Å². The van der Waals surface area contributed by atoms with E-state index in [-0.39, 0.29) is 5.75 Å². The highest BCUT2D eigenvalue weighted by Gasteiger charge is 2.44. The maximum Gasteiger partial charge on any atom is 0.132 e. The molecule has 1 saturated heterocycles. The minimum Gasteiger partial charge on any atom is -0.508 e. The fourth-order valence-corrected chi connectivity index (χ4v) is 3.91. The molecule has 0 saturated carbocycles. The summed E-state index contributed by atoms with van der Waals surface area (Å²) in [5.74, 6) is 0.197. The molecule has 3 rings (SSSR count). The van der Waals surface area contributed by atoms with Crippen LogP contribution in [-0.4, -0.2) is 50.4 Å².